The number of aliphatic hydroxyl groups is 1. The zero-order valence-corrected chi connectivity index (χ0v) is 17.0. The highest BCUT2D eigenvalue weighted by atomic mass is 16.5. The van der Waals surface area contributed by atoms with Gasteiger partial charge in [0.2, 0.25) is 5.75 Å². The van der Waals surface area contributed by atoms with E-state index in [1.54, 1.807) is 40.6 Å². The second-order valence-electron chi connectivity index (χ2n) is 7.32. The van der Waals surface area contributed by atoms with Crippen molar-refractivity contribution >= 4 is 5.78 Å². The van der Waals surface area contributed by atoms with Crippen LogP contribution in [0, 0.1) is 11.8 Å². The van der Waals surface area contributed by atoms with Crippen LogP contribution in [-0.4, -0.2) is 51.0 Å². The Bertz CT molecular complexity index is 788. The third kappa shape index (κ3) is 2.74. The van der Waals surface area contributed by atoms with Crippen LogP contribution in [0.5, 0.6) is 17.2 Å². The van der Waals surface area contributed by atoms with Crippen LogP contribution in [0.1, 0.15) is 24.8 Å². The summed E-state index contributed by atoms with van der Waals surface area (Å²) in [5.41, 5.74) is 0.544. The van der Waals surface area contributed by atoms with Gasteiger partial charge in [-0.25, -0.2) is 0 Å². The van der Waals surface area contributed by atoms with Crippen molar-refractivity contribution in [3.8, 4) is 17.2 Å². The van der Waals surface area contributed by atoms with E-state index in [0.717, 1.165) is 11.1 Å². The van der Waals surface area contributed by atoms with E-state index in [9.17, 15) is 9.90 Å². The molecule has 0 saturated heterocycles. The lowest BCUT2D eigenvalue weighted by molar-refractivity contribution is -0.140. The Balaban J connectivity index is 2.17. The average Bonchev–Trinajstić information content (AvgIpc) is 2.86. The Morgan fingerprint density at radius 1 is 1.11 bits per heavy atom. The predicted molar refractivity (Wildman–Crippen MR) is 105 cm³/mol. The van der Waals surface area contributed by atoms with Gasteiger partial charge in [-0.3, -0.25) is 4.79 Å². The minimum Gasteiger partial charge on any atom is -0.493 e. The molecule has 0 aromatic heterocycles. The van der Waals surface area contributed by atoms with Gasteiger partial charge in [0.05, 0.1) is 33.4 Å². The van der Waals surface area contributed by atoms with Crippen LogP contribution < -0.4 is 14.2 Å². The number of aliphatic hydroxyl groups excluding tert-OH is 1. The normalized spacial score (nSPS) is 31.4. The number of methoxy groups -OCH3 is 4. The zero-order valence-electron chi connectivity index (χ0n) is 17.0. The smallest absolute Gasteiger partial charge is 0.203 e. The van der Waals surface area contributed by atoms with E-state index in [1.165, 1.54) is 0 Å². The molecular formula is C22H28O6. The quantitative estimate of drug-likeness (QED) is 0.724. The number of Topliss-reactive ketones (excluding diaryl/α,β-unsaturated/α-hetero) is 1. The molecular weight excluding hydrogens is 360 g/mol. The van der Waals surface area contributed by atoms with Crippen LogP contribution in [0.15, 0.2) is 36.4 Å². The maximum Gasteiger partial charge on any atom is 0.203 e. The Kier molecular flexibility index (Phi) is 5.55. The molecule has 0 radical (unpaired) electrons. The minimum atomic E-state index is -1.06. The molecule has 1 saturated carbocycles. The molecule has 1 N–H and O–H groups in total. The van der Waals surface area contributed by atoms with Crippen molar-refractivity contribution in [1.29, 1.82) is 0 Å². The third-order valence-electron chi connectivity index (χ3n) is 6.20. The van der Waals surface area contributed by atoms with Crippen LogP contribution in [0.25, 0.3) is 0 Å². The van der Waals surface area contributed by atoms with Gasteiger partial charge in [0.25, 0.3) is 0 Å². The summed E-state index contributed by atoms with van der Waals surface area (Å²) in [4.78, 5) is 13.3. The largest absolute Gasteiger partial charge is 0.493 e. The van der Waals surface area contributed by atoms with E-state index in [1.807, 2.05) is 19.1 Å². The zero-order chi connectivity index (χ0) is 20.6. The Morgan fingerprint density at radius 3 is 2.18 bits per heavy atom. The summed E-state index contributed by atoms with van der Waals surface area (Å²) in [6, 6.07) is 3.69. The number of fused-ring (bicyclic) bond motifs is 2. The first-order chi connectivity index (χ1) is 13.4. The van der Waals surface area contributed by atoms with Gasteiger partial charge in [0.1, 0.15) is 5.60 Å². The minimum absolute atomic E-state index is 0.0958. The number of allylic oxidation sites excluding steroid dienone is 1. The number of ether oxygens (including phenoxy) is 4. The first-order valence-electron chi connectivity index (χ1n) is 9.30. The monoisotopic (exact) mass is 388 g/mol. The lowest BCUT2D eigenvalue weighted by Gasteiger charge is -2.33. The van der Waals surface area contributed by atoms with Crippen molar-refractivity contribution in [1.82, 2.24) is 0 Å². The van der Waals surface area contributed by atoms with Crippen molar-refractivity contribution in [2.45, 2.75) is 31.0 Å². The Hall–Kier alpha value is -2.31. The number of ketones is 1. The number of hydrogen-bond donors (Lipinski definition) is 1. The second-order valence-corrected chi connectivity index (χ2v) is 7.32. The van der Waals surface area contributed by atoms with Crippen molar-refractivity contribution in [2.75, 3.05) is 28.4 Å². The van der Waals surface area contributed by atoms with Gasteiger partial charge in [-0.1, -0.05) is 13.0 Å². The molecule has 0 amide bonds. The molecule has 1 fully saturated rings. The second kappa shape index (κ2) is 7.60. The van der Waals surface area contributed by atoms with Crippen LogP contribution in [0.3, 0.4) is 0 Å². The number of benzene rings is 1. The van der Waals surface area contributed by atoms with Crippen molar-refractivity contribution < 1.29 is 28.8 Å². The summed E-state index contributed by atoms with van der Waals surface area (Å²) in [5, 5.41) is 11.0. The number of hydrogen-bond acceptors (Lipinski definition) is 6. The lowest BCUT2D eigenvalue weighted by atomic mass is 9.78. The van der Waals surface area contributed by atoms with Gasteiger partial charge in [0.15, 0.2) is 17.3 Å². The van der Waals surface area contributed by atoms with Crippen molar-refractivity contribution in [2.24, 2.45) is 11.8 Å². The number of carbonyl (C=O) groups excluding carboxylic acids is 1. The van der Waals surface area contributed by atoms with Gasteiger partial charge in [-0.05, 0) is 35.8 Å². The molecule has 2 bridgehead atoms. The van der Waals surface area contributed by atoms with Crippen molar-refractivity contribution in [3.05, 3.63) is 42.0 Å². The maximum atomic E-state index is 13.3. The fraction of sp³-hybridized carbons (Fsp3) is 0.500. The summed E-state index contributed by atoms with van der Waals surface area (Å²) in [6.45, 7) is 5.74. The highest BCUT2D eigenvalue weighted by molar-refractivity contribution is 5.98. The van der Waals surface area contributed by atoms with Crippen LogP contribution in [-0.2, 0) is 9.53 Å². The molecule has 5 atom stereocenters. The molecule has 2 aliphatic carbocycles. The average molecular weight is 388 g/mol. The molecule has 3 rings (SSSR count). The highest BCUT2D eigenvalue weighted by Crippen LogP contribution is 2.56. The van der Waals surface area contributed by atoms with E-state index in [4.69, 9.17) is 18.9 Å². The van der Waals surface area contributed by atoms with E-state index < -0.39 is 17.6 Å². The molecule has 0 aliphatic heterocycles. The summed E-state index contributed by atoms with van der Waals surface area (Å²) in [7, 11) is 6.20. The molecule has 6 nitrogen and oxygen atoms in total. The molecule has 152 valence electrons. The number of rotatable bonds is 7. The molecule has 1 aromatic carbocycles. The molecule has 1 aromatic rings. The topological polar surface area (TPSA) is 74.2 Å². The van der Waals surface area contributed by atoms with E-state index >= 15 is 0 Å². The standard InChI is InChI=1S/C22H28O6/c1-7-8-13-11-22(28-6)12(2)17(18(19(13)23)21(22)24)14-9-15(25-3)20(27-5)16(10-14)26-4/h7,9-12,17-19,23H,1,8H2,2-6H3/t12-,17+,18-,19-,22-/m1/s1. The molecule has 6 heteroatoms. The molecule has 0 unspecified atom stereocenters. The highest BCUT2D eigenvalue weighted by Gasteiger charge is 2.63. The van der Waals surface area contributed by atoms with Crippen LogP contribution in [0.2, 0.25) is 0 Å². The summed E-state index contributed by atoms with van der Waals surface area (Å²) < 4.78 is 22.1. The third-order valence-corrected chi connectivity index (χ3v) is 6.20. The first-order valence-corrected chi connectivity index (χ1v) is 9.30. The SMILES string of the molecule is C=CCC1=C[C@]2(OC)C(=O)[C@H]([C@H](c3cc(OC)c(OC)c(OC)c3)[C@H]2C)[C@@H]1O. The molecule has 28 heavy (non-hydrogen) atoms. The molecule has 0 heterocycles. The van der Waals surface area contributed by atoms with Gasteiger partial charge >= 0.3 is 0 Å². The van der Waals surface area contributed by atoms with Crippen LogP contribution in [0.4, 0.5) is 0 Å². The summed E-state index contributed by atoms with van der Waals surface area (Å²) >= 11 is 0. The summed E-state index contributed by atoms with van der Waals surface area (Å²) in [6.07, 6.45) is 3.14. The van der Waals surface area contributed by atoms with Crippen molar-refractivity contribution in [3.63, 3.8) is 0 Å². The fourth-order valence-electron chi connectivity index (χ4n) is 4.84. The predicted octanol–water partition coefficient (Wildman–Crippen LogP) is 2.89. The fourth-order valence-corrected chi connectivity index (χ4v) is 4.84. The first kappa shape index (κ1) is 20.4. The maximum absolute atomic E-state index is 13.3. The number of carbonyl (C=O) groups is 1. The van der Waals surface area contributed by atoms with Gasteiger partial charge in [0, 0.05) is 18.9 Å². The lowest BCUT2D eigenvalue weighted by Crippen LogP contribution is -2.46. The Labute approximate surface area is 165 Å². The molecule has 0 spiro atoms. The van der Waals surface area contributed by atoms with Gasteiger partial charge < -0.3 is 24.1 Å². The van der Waals surface area contributed by atoms with Crippen LogP contribution >= 0.6 is 0 Å². The Morgan fingerprint density at radius 2 is 1.71 bits per heavy atom. The molecule has 2 aliphatic rings. The van der Waals surface area contributed by atoms with E-state index in [2.05, 4.69) is 6.58 Å². The summed E-state index contributed by atoms with van der Waals surface area (Å²) in [5.74, 6) is 0.348. The van der Waals surface area contributed by atoms with E-state index in [-0.39, 0.29) is 17.6 Å². The van der Waals surface area contributed by atoms with Gasteiger partial charge in [-0.2, -0.15) is 0 Å². The van der Waals surface area contributed by atoms with E-state index in [0.29, 0.717) is 23.7 Å². The van der Waals surface area contributed by atoms with Gasteiger partial charge in [-0.15, -0.1) is 6.58 Å².